The molecule has 2 nitrogen and oxygen atoms in total. The van der Waals surface area contributed by atoms with Crippen LogP contribution in [0.15, 0.2) is 16.6 Å². The van der Waals surface area contributed by atoms with Crippen molar-refractivity contribution in [2.75, 3.05) is 0 Å². The molecule has 1 aromatic heterocycles. The second kappa shape index (κ2) is 6.52. The minimum Gasteiger partial charge on any atom is -0.327 e. The Balaban J connectivity index is 2.19. The zero-order chi connectivity index (χ0) is 15.6. The van der Waals surface area contributed by atoms with Gasteiger partial charge in [0.1, 0.15) is 11.6 Å². The monoisotopic (exact) mass is 386 g/mol. The third-order valence-corrected chi connectivity index (χ3v) is 3.93. The Morgan fingerprint density at radius 2 is 1.95 bits per heavy atom. The molecule has 0 saturated carbocycles. The van der Waals surface area contributed by atoms with Crippen LogP contribution in [0.2, 0.25) is 0 Å². The van der Waals surface area contributed by atoms with Gasteiger partial charge in [-0.15, -0.1) is 11.6 Å². The van der Waals surface area contributed by atoms with Gasteiger partial charge in [0.25, 0.3) is 0 Å². The summed E-state index contributed by atoms with van der Waals surface area (Å²) in [6.07, 6.45) is -4.63. The molecule has 0 spiro atoms. The van der Waals surface area contributed by atoms with Crippen LogP contribution in [0.3, 0.4) is 0 Å². The zero-order valence-electron chi connectivity index (χ0n) is 10.9. The lowest BCUT2D eigenvalue weighted by atomic mass is 10.2. The molecule has 1 heterocycles. The Morgan fingerprint density at radius 3 is 2.57 bits per heavy atom. The number of benzene rings is 1. The van der Waals surface area contributed by atoms with Crippen LogP contribution in [-0.2, 0) is 12.4 Å². The number of rotatable bonds is 5. The van der Waals surface area contributed by atoms with Gasteiger partial charge in [-0.1, -0.05) is 0 Å². The largest absolute Gasteiger partial charge is 0.389 e. The molecule has 0 fully saturated rings. The van der Waals surface area contributed by atoms with E-state index in [1.54, 1.807) is 4.57 Å². The van der Waals surface area contributed by atoms with E-state index in [0.717, 1.165) is 0 Å². The Morgan fingerprint density at radius 1 is 1.24 bits per heavy atom. The lowest BCUT2D eigenvalue weighted by molar-refractivity contribution is -0.135. The lowest BCUT2D eigenvalue weighted by Gasteiger charge is -2.09. The Hall–Kier alpha value is -0.820. The molecule has 0 radical (unpaired) electrons. The number of aryl methyl sites for hydroxylation is 1. The SMILES string of the molecule is Fc1cc2c(cc1Br)nc(CCl)n2CCCCC(F)(F)F. The summed E-state index contributed by atoms with van der Waals surface area (Å²) in [5, 5.41) is 0. The smallest absolute Gasteiger partial charge is 0.327 e. The van der Waals surface area contributed by atoms with Crippen LogP contribution in [-0.4, -0.2) is 15.7 Å². The van der Waals surface area contributed by atoms with E-state index < -0.39 is 18.4 Å². The molecule has 21 heavy (non-hydrogen) atoms. The highest BCUT2D eigenvalue weighted by Gasteiger charge is 2.26. The predicted molar refractivity (Wildman–Crippen MR) is 76.9 cm³/mol. The van der Waals surface area contributed by atoms with Crippen molar-refractivity contribution in [2.45, 2.75) is 37.9 Å². The molecule has 0 unspecified atom stereocenters. The predicted octanol–water partition coefficient (Wildman–Crippen LogP) is 5.41. The van der Waals surface area contributed by atoms with Gasteiger partial charge in [-0.3, -0.25) is 0 Å². The number of unbranched alkanes of at least 4 members (excludes halogenated alkanes) is 1. The number of aromatic nitrogens is 2. The molecular weight excluding hydrogens is 376 g/mol. The fourth-order valence-electron chi connectivity index (χ4n) is 2.12. The molecule has 2 rings (SSSR count). The zero-order valence-corrected chi connectivity index (χ0v) is 13.2. The summed E-state index contributed by atoms with van der Waals surface area (Å²) in [6.45, 7) is 0.329. The summed E-state index contributed by atoms with van der Waals surface area (Å²) in [5.74, 6) is 0.198. The summed E-state index contributed by atoms with van der Waals surface area (Å²) >= 11 is 8.88. The van der Waals surface area contributed by atoms with Crippen LogP contribution in [0.5, 0.6) is 0 Å². The molecule has 8 heteroatoms. The second-order valence-corrected chi connectivity index (χ2v) is 5.76. The van der Waals surface area contributed by atoms with Crippen LogP contribution in [0.25, 0.3) is 11.0 Å². The Kier molecular flexibility index (Phi) is 5.14. The van der Waals surface area contributed by atoms with E-state index in [1.165, 1.54) is 12.1 Å². The number of halogens is 6. The van der Waals surface area contributed by atoms with Crippen molar-refractivity contribution in [3.63, 3.8) is 0 Å². The van der Waals surface area contributed by atoms with Crippen molar-refractivity contribution in [2.24, 2.45) is 0 Å². The average Bonchev–Trinajstić information content (AvgIpc) is 2.71. The molecule has 0 bridgehead atoms. The normalized spacial score (nSPS) is 12.3. The van der Waals surface area contributed by atoms with Crippen LogP contribution >= 0.6 is 27.5 Å². The fraction of sp³-hybridized carbons (Fsp3) is 0.462. The first-order valence-electron chi connectivity index (χ1n) is 6.28. The van der Waals surface area contributed by atoms with Crippen molar-refractivity contribution < 1.29 is 17.6 Å². The molecule has 0 aliphatic carbocycles. The maximum Gasteiger partial charge on any atom is 0.389 e. The standard InChI is InChI=1S/C13H12BrClF4N2/c14-8-5-10-11(6-9(8)16)21(12(7-15)20-10)4-2-1-3-13(17,18)19/h5-6H,1-4,7H2. The molecule has 116 valence electrons. The van der Waals surface area contributed by atoms with E-state index in [9.17, 15) is 17.6 Å². The molecule has 2 aromatic rings. The highest BCUT2D eigenvalue weighted by molar-refractivity contribution is 9.10. The second-order valence-electron chi connectivity index (χ2n) is 4.64. The highest BCUT2D eigenvalue weighted by Crippen LogP contribution is 2.26. The molecule has 0 aliphatic rings. The van der Waals surface area contributed by atoms with Gasteiger partial charge >= 0.3 is 6.18 Å². The van der Waals surface area contributed by atoms with Crippen LogP contribution in [0.4, 0.5) is 17.6 Å². The number of imidazole rings is 1. The van der Waals surface area contributed by atoms with Crippen molar-refractivity contribution in [3.05, 3.63) is 28.2 Å². The molecule has 0 amide bonds. The third kappa shape index (κ3) is 4.10. The van der Waals surface area contributed by atoms with Crippen LogP contribution in [0.1, 0.15) is 25.1 Å². The quantitative estimate of drug-likeness (QED) is 0.381. The third-order valence-electron chi connectivity index (χ3n) is 3.08. The molecule has 0 aliphatic heterocycles. The maximum absolute atomic E-state index is 13.6. The first-order chi connectivity index (χ1) is 9.81. The van der Waals surface area contributed by atoms with E-state index in [0.29, 0.717) is 29.8 Å². The van der Waals surface area contributed by atoms with Gasteiger partial charge in [-0.05, 0) is 34.8 Å². The average molecular weight is 388 g/mol. The van der Waals surface area contributed by atoms with Gasteiger partial charge in [-0.25, -0.2) is 9.37 Å². The topological polar surface area (TPSA) is 17.8 Å². The first-order valence-corrected chi connectivity index (χ1v) is 7.61. The van der Waals surface area contributed by atoms with Gasteiger partial charge in [0, 0.05) is 19.0 Å². The first kappa shape index (κ1) is 16.5. The van der Waals surface area contributed by atoms with Gasteiger partial charge < -0.3 is 4.57 Å². The summed E-state index contributed by atoms with van der Waals surface area (Å²) in [5.41, 5.74) is 1.10. The van der Waals surface area contributed by atoms with E-state index in [2.05, 4.69) is 20.9 Å². The van der Waals surface area contributed by atoms with E-state index in [1.807, 2.05) is 0 Å². The highest BCUT2D eigenvalue weighted by atomic mass is 79.9. The van der Waals surface area contributed by atoms with E-state index >= 15 is 0 Å². The molecular formula is C13H12BrClF4N2. The van der Waals surface area contributed by atoms with Crippen molar-refractivity contribution in [1.29, 1.82) is 0 Å². The van der Waals surface area contributed by atoms with Crippen molar-refractivity contribution >= 4 is 38.6 Å². The van der Waals surface area contributed by atoms with Gasteiger partial charge in [0.2, 0.25) is 0 Å². The Labute approximate surface area is 132 Å². The summed E-state index contributed by atoms with van der Waals surface area (Å²) in [4.78, 5) is 4.27. The Bertz CT molecular complexity index is 639. The van der Waals surface area contributed by atoms with Crippen LogP contribution < -0.4 is 0 Å². The number of hydrogen-bond acceptors (Lipinski definition) is 1. The molecule has 0 atom stereocenters. The lowest BCUT2D eigenvalue weighted by Crippen LogP contribution is -2.08. The van der Waals surface area contributed by atoms with Crippen molar-refractivity contribution in [1.82, 2.24) is 9.55 Å². The number of fused-ring (bicyclic) bond motifs is 1. The number of hydrogen-bond donors (Lipinski definition) is 0. The van der Waals surface area contributed by atoms with Gasteiger partial charge in [-0.2, -0.15) is 13.2 Å². The fourth-order valence-corrected chi connectivity index (χ4v) is 2.65. The maximum atomic E-state index is 13.6. The molecule has 0 N–H and O–H groups in total. The summed E-state index contributed by atoms with van der Waals surface area (Å²) in [6, 6.07) is 2.85. The van der Waals surface area contributed by atoms with E-state index in [-0.39, 0.29) is 16.8 Å². The minimum atomic E-state index is -4.15. The van der Waals surface area contributed by atoms with E-state index in [4.69, 9.17) is 11.6 Å². The molecule has 1 aromatic carbocycles. The van der Waals surface area contributed by atoms with Gasteiger partial charge in [0.05, 0.1) is 21.4 Å². The van der Waals surface area contributed by atoms with Gasteiger partial charge in [0.15, 0.2) is 0 Å². The number of nitrogens with zero attached hydrogens (tertiary/aromatic N) is 2. The molecule has 0 saturated heterocycles. The summed E-state index contributed by atoms with van der Waals surface area (Å²) in [7, 11) is 0. The van der Waals surface area contributed by atoms with Crippen LogP contribution in [0, 0.1) is 5.82 Å². The minimum absolute atomic E-state index is 0.0178. The number of alkyl halides is 4. The van der Waals surface area contributed by atoms with Crippen molar-refractivity contribution in [3.8, 4) is 0 Å². The summed E-state index contributed by atoms with van der Waals surface area (Å²) < 4.78 is 51.9.